The molecule has 16 heteroatoms. The van der Waals surface area contributed by atoms with Crippen molar-refractivity contribution in [2.45, 2.75) is 63.1 Å². The Labute approximate surface area is 288 Å². The van der Waals surface area contributed by atoms with E-state index in [-0.39, 0.29) is 67.7 Å². The van der Waals surface area contributed by atoms with Crippen LogP contribution in [0.2, 0.25) is 10.0 Å². The third-order valence-corrected chi connectivity index (χ3v) is 8.26. The summed E-state index contributed by atoms with van der Waals surface area (Å²) in [7, 11) is -4.24. The van der Waals surface area contributed by atoms with Crippen molar-refractivity contribution >= 4 is 62.6 Å². The molecule has 3 rings (SSSR count). The monoisotopic (exact) mass is 725 g/mol. The predicted octanol–water partition coefficient (Wildman–Crippen LogP) is 4.90. The molecule has 0 radical (unpaired) electrons. The predicted molar refractivity (Wildman–Crippen MR) is 177 cm³/mol. The second-order valence-corrected chi connectivity index (χ2v) is 13.7. The molecule has 3 aromatic rings. The molecule has 0 aliphatic heterocycles. The molecule has 0 aliphatic carbocycles. The summed E-state index contributed by atoms with van der Waals surface area (Å²) in [6.45, 7) is 5.08. The van der Waals surface area contributed by atoms with Crippen molar-refractivity contribution in [1.29, 1.82) is 0 Å². The van der Waals surface area contributed by atoms with Gasteiger partial charge in [-0.2, -0.15) is 0 Å². The van der Waals surface area contributed by atoms with Gasteiger partial charge in [0.1, 0.15) is 17.3 Å². The van der Waals surface area contributed by atoms with Gasteiger partial charge in [-0.05, 0) is 57.2 Å². The standard InChI is InChI=1S/C32H37Cl2N3O10S/c1-20(30(40)21-7-4-8-22(33)15-21)37-32(2,3)19-47-29(39)11-10-28(38)45-13-6-14-46-31(41)24-16-27(48(35,42)43)25(34)17-26(24)36-18-23-9-5-12-44-23/h4-5,7-9,12,15-17,20,36-37H,6,10-11,13-14,18-19H2,1-3H3,(H2,35,42,43)/t20-/m1/s1. The summed E-state index contributed by atoms with van der Waals surface area (Å²) in [6.07, 6.45) is 1.14. The van der Waals surface area contributed by atoms with E-state index in [2.05, 4.69) is 10.6 Å². The maximum atomic E-state index is 12.8. The smallest absolute Gasteiger partial charge is 0.340 e. The number of sulfonamides is 1. The molecular weight excluding hydrogens is 689 g/mol. The average Bonchev–Trinajstić information content (AvgIpc) is 3.54. The minimum absolute atomic E-state index is 0.0498. The van der Waals surface area contributed by atoms with Crippen LogP contribution in [0.3, 0.4) is 0 Å². The summed E-state index contributed by atoms with van der Waals surface area (Å²) in [6, 6.07) is 11.7. The average molecular weight is 727 g/mol. The van der Waals surface area contributed by atoms with Crippen molar-refractivity contribution in [1.82, 2.24) is 5.32 Å². The molecule has 0 saturated carbocycles. The molecule has 0 spiro atoms. The first-order chi connectivity index (χ1) is 22.6. The molecule has 2 aromatic carbocycles. The summed E-state index contributed by atoms with van der Waals surface area (Å²) >= 11 is 12.1. The Hall–Kier alpha value is -3.95. The van der Waals surface area contributed by atoms with Gasteiger partial charge in [-0.3, -0.25) is 19.7 Å². The number of ether oxygens (including phenoxy) is 3. The minimum atomic E-state index is -4.24. The van der Waals surface area contributed by atoms with Gasteiger partial charge in [-0.15, -0.1) is 0 Å². The Kier molecular flexibility index (Phi) is 14.0. The normalized spacial score (nSPS) is 12.2. The van der Waals surface area contributed by atoms with Crippen molar-refractivity contribution in [2.24, 2.45) is 5.14 Å². The fourth-order valence-electron chi connectivity index (χ4n) is 4.36. The molecule has 1 aromatic heterocycles. The van der Waals surface area contributed by atoms with Gasteiger partial charge in [-0.25, -0.2) is 18.4 Å². The molecule has 0 unspecified atom stereocenters. The van der Waals surface area contributed by atoms with E-state index < -0.39 is 44.4 Å². The lowest BCUT2D eigenvalue weighted by Crippen LogP contribution is -2.51. The quantitative estimate of drug-likeness (QED) is 0.0696. The topological polar surface area (TPSA) is 193 Å². The van der Waals surface area contributed by atoms with E-state index in [1.54, 1.807) is 57.2 Å². The third-order valence-electron chi connectivity index (χ3n) is 6.65. The summed E-state index contributed by atoms with van der Waals surface area (Å²) in [4.78, 5) is 49.5. The molecule has 1 heterocycles. The minimum Gasteiger partial charge on any atom is -0.467 e. The molecule has 4 N–H and O–H groups in total. The number of furan rings is 1. The zero-order chi connectivity index (χ0) is 35.5. The second kappa shape index (κ2) is 17.4. The van der Waals surface area contributed by atoms with Crippen molar-refractivity contribution in [3.05, 3.63) is 81.7 Å². The van der Waals surface area contributed by atoms with E-state index >= 15 is 0 Å². The molecule has 0 fully saturated rings. The zero-order valence-electron chi connectivity index (χ0n) is 26.5. The molecule has 13 nitrogen and oxygen atoms in total. The number of ketones is 1. The van der Waals surface area contributed by atoms with Gasteiger partial charge in [0.15, 0.2) is 5.78 Å². The van der Waals surface area contributed by atoms with E-state index in [4.69, 9.17) is 47.0 Å². The number of nitrogens with two attached hydrogens (primary N) is 1. The Balaban J connectivity index is 1.39. The largest absolute Gasteiger partial charge is 0.467 e. The maximum Gasteiger partial charge on any atom is 0.340 e. The van der Waals surface area contributed by atoms with Crippen LogP contribution in [-0.2, 0) is 40.4 Å². The van der Waals surface area contributed by atoms with Crippen LogP contribution in [0.15, 0.2) is 64.1 Å². The van der Waals surface area contributed by atoms with Crippen LogP contribution in [0.5, 0.6) is 0 Å². The van der Waals surface area contributed by atoms with E-state index in [0.29, 0.717) is 16.3 Å². The maximum absolute atomic E-state index is 12.8. The molecule has 48 heavy (non-hydrogen) atoms. The number of carbonyl (C=O) groups excluding carboxylic acids is 4. The van der Waals surface area contributed by atoms with E-state index in [1.165, 1.54) is 12.3 Å². The Morgan fingerprint density at radius 1 is 0.958 bits per heavy atom. The highest BCUT2D eigenvalue weighted by Crippen LogP contribution is 2.29. The van der Waals surface area contributed by atoms with Crippen LogP contribution in [0.4, 0.5) is 5.69 Å². The van der Waals surface area contributed by atoms with Crippen LogP contribution >= 0.6 is 23.2 Å². The molecule has 0 amide bonds. The van der Waals surface area contributed by atoms with Crippen LogP contribution in [0.1, 0.15) is 66.5 Å². The van der Waals surface area contributed by atoms with Crippen molar-refractivity contribution in [3.8, 4) is 0 Å². The van der Waals surface area contributed by atoms with Gasteiger partial charge in [0.25, 0.3) is 0 Å². The number of hydrogen-bond acceptors (Lipinski definition) is 12. The summed E-state index contributed by atoms with van der Waals surface area (Å²) in [5.41, 5.74) is -0.238. The molecular formula is C32H37Cl2N3O10S. The lowest BCUT2D eigenvalue weighted by molar-refractivity contribution is -0.151. The van der Waals surface area contributed by atoms with E-state index in [0.717, 1.165) is 6.07 Å². The lowest BCUT2D eigenvalue weighted by Gasteiger charge is -2.29. The first-order valence-corrected chi connectivity index (χ1v) is 17.0. The van der Waals surface area contributed by atoms with Gasteiger partial charge in [0.2, 0.25) is 10.0 Å². The molecule has 0 saturated heterocycles. The Morgan fingerprint density at radius 2 is 1.65 bits per heavy atom. The van der Waals surface area contributed by atoms with Crippen molar-refractivity contribution in [3.63, 3.8) is 0 Å². The molecule has 0 bridgehead atoms. The number of hydrogen-bond donors (Lipinski definition) is 3. The fourth-order valence-corrected chi connectivity index (χ4v) is 5.65. The molecule has 260 valence electrons. The highest BCUT2D eigenvalue weighted by Gasteiger charge is 2.27. The second-order valence-electron chi connectivity index (χ2n) is 11.3. The molecule has 1 atom stereocenters. The summed E-state index contributed by atoms with van der Waals surface area (Å²) in [5.74, 6) is -1.77. The van der Waals surface area contributed by atoms with Gasteiger partial charge < -0.3 is 23.9 Å². The SMILES string of the molecule is C[C@@H](NC(C)(C)COC(=O)CCC(=O)OCCCOC(=O)c1cc(S(N)(=O)=O)c(Cl)cc1NCc1ccco1)C(=O)c1cccc(Cl)c1. The number of halogens is 2. The number of benzene rings is 2. The van der Waals surface area contributed by atoms with Gasteiger partial charge in [0.05, 0.1) is 61.2 Å². The van der Waals surface area contributed by atoms with Gasteiger partial charge in [0, 0.05) is 22.5 Å². The van der Waals surface area contributed by atoms with Gasteiger partial charge in [-0.1, -0.05) is 35.3 Å². The number of carbonyl (C=O) groups is 4. The molecule has 0 aliphatic rings. The summed E-state index contributed by atoms with van der Waals surface area (Å²) < 4.78 is 44.8. The first-order valence-electron chi connectivity index (χ1n) is 14.7. The van der Waals surface area contributed by atoms with Crippen molar-refractivity contribution in [2.75, 3.05) is 25.1 Å². The van der Waals surface area contributed by atoms with E-state index in [1.807, 2.05) is 0 Å². The van der Waals surface area contributed by atoms with Crippen LogP contribution < -0.4 is 15.8 Å². The summed E-state index contributed by atoms with van der Waals surface area (Å²) in [5, 5.41) is 11.6. The van der Waals surface area contributed by atoms with Crippen LogP contribution in [-0.4, -0.2) is 63.5 Å². The number of Topliss-reactive ketones (excluding diaryl/α,β-unsaturated/α-hetero) is 1. The van der Waals surface area contributed by atoms with Crippen LogP contribution in [0, 0.1) is 0 Å². The fraction of sp³-hybridized carbons (Fsp3) is 0.375. The number of rotatable bonds is 18. The first kappa shape index (κ1) is 38.5. The Bertz CT molecular complexity index is 1710. The number of primary sulfonamides is 1. The lowest BCUT2D eigenvalue weighted by atomic mass is 10.0. The van der Waals surface area contributed by atoms with E-state index in [9.17, 15) is 27.6 Å². The highest BCUT2D eigenvalue weighted by molar-refractivity contribution is 7.89. The van der Waals surface area contributed by atoms with Crippen LogP contribution in [0.25, 0.3) is 0 Å². The van der Waals surface area contributed by atoms with Gasteiger partial charge >= 0.3 is 17.9 Å². The number of esters is 3. The van der Waals surface area contributed by atoms with Crippen molar-refractivity contribution < 1.29 is 46.2 Å². The number of anilines is 1. The highest BCUT2D eigenvalue weighted by atomic mass is 35.5. The Morgan fingerprint density at radius 3 is 2.29 bits per heavy atom. The zero-order valence-corrected chi connectivity index (χ0v) is 28.9. The number of nitrogens with one attached hydrogen (secondary N) is 2. The third kappa shape index (κ3) is 12.3.